The van der Waals surface area contributed by atoms with Gasteiger partial charge in [-0.3, -0.25) is 14.5 Å². The van der Waals surface area contributed by atoms with E-state index < -0.39 is 6.04 Å². The van der Waals surface area contributed by atoms with E-state index in [0.717, 1.165) is 5.69 Å². The standard InChI is InChI=1S/C22H27Cl2N3O2/c1-14(21(29)25-16-11-9-15(10-12-16)22(2,3)4)27(5)13-19(28)26-20-17(23)7-6-8-18(20)24/h6-12,14H,13H2,1-5H3,(H,25,29)(H,26,28). The van der Waals surface area contributed by atoms with E-state index in [1.807, 2.05) is 24.3 Å². The largest absolute Gasteiger partial charge is 0.325 e. The first-order valence-electron chi connectivity index (χ1n) is 9.34. The van der Waals surface area contributed by atoms with Gasteiger partial charge in [-0.1, -0.05) is 62.2 Å². The zero-order valence-electron chi connectivity index (χ0n) is 17.3. The van der Waals surface area contributed by atoms with Gasteiger partial charge in [0.15, 0.2) is 0 Å². The van der Waals surface area contributed by atoms with Crippen LogP contribution in [-0.2, 0) is 15.0 Å². The number of anilines is 2. The molecule has 0 aromatic heterocycles. The Morgan fingerprint density at radius 2 is 1.55 bits per heavy atom. The van der Waals surface area contributed by atoms with Crippen LogP contribution in [-0.4, -0.2) is 36.3 Å². The van der Waals surface area contributed by atoms with E-state index in [2.05, 4.69) is 31.4 Å². The molecule has 0 saturated heterocycles. The Morgan fingerprint density at radius 1 is 1.00 bits per heavy atom. The number of benzene rings is 2. The van der Waals surface area contributed by atoms with Gasteiger partial charge < -0.3 is 10.6 Å². The number of halogens is 2. The summed E-state index contributed by atoms with van der Waals surface area (Å²) in [7, 11) is 1.71. The number of nitrogens with zero attached hydrogens (tertiary/aromatic N) is 1. The van der Waals surface area contributed by atoms with E-state index >= 15 is 0 Å². The fourth-order valence-electron chi connectivity index (χ4n) is 2.66. The Balaban J connectivity index is 1.94. The van der Waals surface area contributed by atoms with Crippen molar-refractivity contribution in [2.75, 3.05) is 24.2 Å². The third-order valence-electron chi connectivity index (χ3n) is 4.68. The van der Waals surface area contributed by atoms with Crippen molar-refractivity contribution in [3.05, 3.63) is 58.1 Å². The average Bonchev–Trinajstić information content (AvgIpc) is 2.63. The summed E-state index contributed by atoms with van der Waals surface area (Å²) in [5.41, 5.74) is 2.32. The predicted molar refractivity (Wildman–Crippen MR) is 121 cm³/mol. The van der Waals surface area contributed by atoms with Gasteiger partial charge >= 0.3 is 0 Å². The lowest BCUT2D eigenvalue weighted by atomic mass is 9.87. The van der Waals surface area contributed by atoms with Gasteiger partial charge in [-0.25, -0.2) is 0 Å². The molecule has 2 N–H and O–H groups in total. The predicted octanol–water partition coefficient (Wildman–Crippen LogP) is 5.19. The van der Waals surface area contributed by atoms with Crippen LogP contribution in [0.5, 0.6) is 0 Å². The van der Waals surface area contributed by atoms with Crippen molar-refractivity contribution in [2.45, 2.75) is 39.2 Å². The van der Waals surface area contributed by atoms with Gasteiger partial charge in [-0.05, 0) is 49.2 Å². The van der Waals surface area contributed by atoms with Gasteiger partial charge in [0.05, 0.1) is 28.3 Å². The summed E-state index contributed by atoms with van der Waals surface area (Å²) >= 11 is 12.2. The second-order valence-electron chi connectivity index (χ2n) is 8.05. The van der Waals surface area contributed by atoms with Gasteiger partial charge in [-0.15, -0.1) is 0 Å². The number of nitrogens with one attached hydrogen (secondary N) is 2. The van der Waals surface area contributed by atoms with Crippen molar-refractivity contribution in [1.82, 2.24) is 4.90 Å². The molecule has 29 heavy (non-hydrogen) atoms. The second-order valence-corrected chi connectivity index (χ2v) is 8.87. The smallest absolute Gasteiger partial charge is 0.241 e. The molecular weight excluding hydrogens is 409 g/mol. The first-order chi connectivity index (χ1) is 13.5. The third-order valence-corrected chi connectivity index (χ3v) is 5.31. The molecule has 2 aromatic rings. The van der Waals surface area contributed by atoms with Gasteiger partial charge in [-0.2, -0.15) is 0 Å². The van der Waals surface area contributed by atoms with Crippen molar-refractivity contribution < 1.29 is 9.59 Å². The molecule has 0 aliphatic rings. The molecule has 1 atom stereocenters. The summed E-state index contributed by atoms with van der Waals surface area (Å²) in [6.45, 7) is 8.17. The molecule has 0 spiro atoms. The Labute approximate surface area is 182 Å². The Kier molecular flexibility index (Phi) is 7.69. The van der Waals surface area contributed by atoms with E-state index in [0.29, 0.717) is 15.7 Å². The number of hydrogen-bond acceptors (Lipinski definition) is 3. The Bertz CT molecular complexity index is 856. The molecule has 7 heteroatoms. The highest BCUT2D eigenvalue weighted by molar-refractivity contribution is 6.39. The lowest BCUT2D eigenvalue weighted by Crippen LogP contribution is -2.43. The molecule has 2 rings (SSSR count). The minimum Gasteiger partial charge on any atom is -0.325 e. The number of para-hydroxylation sites is 1. The van der Waals surface area contributed by atoms with E-state index in [1.165, 1.54) is 5.56 Å². The summed E-state index contributed by atoms with van der Waals surface area (Å²) in [6.07, 6.45) is 0. The maximum Gasteiger partial charge on any atom is 0.241 e. The van der Waals surface area contributed by atoms with Gasteiger partial charge in [0.25, 0.3) is 0 Å². The quantitative estimate of drug-likeness (QED) is 0.655. The lowest BCUT2D eigenvalue weighted by molar-refractivity contribution is -0.122. The molecule has 2 amide bonds. The maximum absolute atomic E-state index is 12.6. The van der Waals surface area contributed by atoms with Gasteiger partial charge in [0, 0.05) is 5.69 Å². The molecule has 0 heterocycles. The highest BCUT2D eigenvalue weighted by Crippen LogP contribution is 2.29. The van der Waals surface area contributed by atoms with E-state index in [1.54, 1.807) is 37.1 Å². The van der Waals surface area contributed by atoms with E-state index in [-0.39, 0.29) is 23.8 Å². The summed E-state index contributed by atoms with van der Waals surface area (Å²) < 4.78 is 0. The topological polar surface area (TPSA) is 61.4 Å². The Morgan fingerprint density at radius 3 is 2.07 bits per heavy atom. The van der Waals surface area contributed by atoms with Gasteiger partial charge in [0.2, 0.25) is 11.8 Å². The number of likely N-dealkylation sites (N-methyl/N-ethyl adjacent to an activating group) is 1. The molecule has 2 aromatic carbocycles. The SMILES string of the molecule is CC(C(=O)Nc1ccc(C(C)(C)C)cc1)N(C)CC(=O)Nc1c(Cl)cccc1Cl. The van der Waals surface area contributed by atoms with Crippen LogP contribution >= 0.6 is 23.2 Å². The summed E-state index contributed by atoms with van der Waals surface area (Å²) in [6, 6.07) is 12.3. The molecular formula is C22H27Cl2N3O2. The van der Waals surface area contributed by atoms with Crippen LogP contribution in [0.15, 0.2) is 42.5 Å². The number of amides is 2. The second kappa shape index (κ2) is 9.61. The zero-order valence-corrected chi connectivity index (χ0v) is 18.9. The fourth-order valence-corrected chi connectivity index (χ4v) is 3.15. The van der Waals surface area contributed by atoms with Crippen molar-refractivity contribution >= 4 is 46.4 Å². The van der Waals surface area contributed by atoms with Crippen molar-refractivity contribution in [1.29, 1.82) is 0 Å². The zero-order chi connectivity index (χ0) is 21.8. The van der Waals surface area contributed by atoms with E-state index in [4.69, 9.17) is 23.2 Å². The monoisotopic (exact) mass is 435 g/mol. The molecule has 0 saturated carbocycles. The number of hydrogen-bond donors (Lipinski definition) is 2. The molecule has 0 radical (unpaired) electrons. The fraction of sp³-hybridized carbons (Fsp3) is 0.364. The number of carbonyl (C=O) groups excluding carboxylic acids is 2. The highest BCUT2D eigenvalue weighted by atomic mass is 35.5. The lowest BCUT2D eigenvalue weighted by Gasteiger charge is -2.24. The van der Waals surface area contributed by atoms with Gasteiger partial charge in [0.1, 0.15) is 0 Å². The molecule has 0 fully saturated rings. The minimum atomic E-state index is -0.509. The minimum absolute atomic E-state index is 0.0130. The van der Waals surface area contributed by atoms with Crippen LogP contribution in [0.1, 0.15) is 33.3 Å². The van der Waals surface area contributed by atoms with Crippen LogP contribution in [0.2, 0.25) is 10.0 Å². The van der Waals surface area contributed by atoms with Crippen molar-refractivity contribution in [2.24, 2.45) is 0 Å². The molecule has 0 aliphatic heterocycles. The average molecular weight is 436 g/mol. The molecule has 0 bridgehead atoms. The molecule has 0 aliphatic carbocycles. The van der Waals surface area contributed by atoms with Crippen LogP contribution in [0, 0.1) is 0 Å². The number of carbonyl (C=O) groups is 2. The number of rotatable bonds is 6. The van der Waals surface area contributed by atoms with E-state index in [9.17, 15) is 9.59 Å². The van der Waals surface area contributed by atoms with Crippen LogP contribution in [0.3, 0.4) is 0 Å². The maximum atomic E-state index is 12.6. The summed E-state index contributed by atoms with van der Waals surface area (Å²) in [5.74, 6) is -0.503. The Hall–Kier alpha value is -2.08. The van der Waals surface area contributed by atoms with Crippen LogP contribution in [0.4, 0.5) is 11.4 Å². The van der Waals surface area contributed by atoms with Crippen molar-refractivity contribution in [3.63, 3.8) is 0 Å². The first-order valence-corrected chi connectivity index (χ1v) is 10.1. The third kappa shape index (κ3) is 6.46. The molecule has 156 valence electrons. The molecule has 5 nitrogen and oxygen atoms in total. The summed E-state index contributed by atoms with van der Waals surface area (Å²) in [5, 5.41) is 6.30. The van der Waals surface area contributed by atoms with Crippen LogP contribution < -0.4 is 10.6 Å². The van der Waals surface area contributed by atoms with Crippen molar-refractivity contribution in [3.8, 4) is 0 Å². The summed E-state index contributed by atoms with van der Waals surface area (Å²) in [4.78, 5) is 26.6. The highest BCUT2D eigenvalue weighted by Gasteiger charge is 2.21. The first kappa shape index (κ1) is 23.2. The van der Waals surface area contributed by atoms with Crippen LogP contribution in [0.25, 0.3) is 0 Å². The molecule has 1 unspecified atom stereocenters. The normalized spacial score (nSPS) is 12.6.